The van der Waals surface area contributed by atoms with Gasteiger partial charge in [-0.1, -0.05) is 23.2 Å². The first kappa shape index (κ1) is 8.62. The first-order valence-electron chi connectivity index (χ1n) is 2.88. The third kappa shape index (κ3) is 1.76. The van der Waals surface area contributed by atoms with Crippen LogP contribution in [0.2, 0.25) is 10.0 Å². The van der Waals surface area contributed by atoms with Crippen LogP contribution < -0.4 is 0 Å². The van der Waals surface area contributed by atoms with Crippen molar-refractivity contribution < 1.29 is 9.50 Å². The minimum Gasteiger partial charge on any atom is -0.508 e. The second-order valence-corrected chi connectivity index (χ2v) is 2.82. The summed E-state index contributed by atoms with van der Waals surface area (Å²) in [5.41, 5.74) is 0.205. The summed E-state index contributed by atoms with van der Waals surface area (Å²) >= 11 is 11.1. The van der Waals surface area contributed by atoms with Gasteiger partial charge in [0, 0.05) is 11.6 Å². The molecule has 1 aromatic carbocycles. The lowest BCUT2D eigenvalue weighted by atomic mass is 10.2. The van der Waals surface area contributed by atoms with Crippen LogP contribution >= 0.6 is 23.2 Å². The quantitative estimate of drug-likeness (QED) is 0.729. The maximum absolute atomic E-state index is 12.1. The molecule has 0 fully saturated rings. The number of rotatable bonds is 1. The summed E-state index contributed by atoms with van der Waals surface area (Å²) in [6, 6.07) is 2.51. The Labute approximate surface area is 73.4 Å². The van der Waals surface area contributed by atoms with E-state index >= 15 is 0 Å². The van der Waals surface area contributed by atoms with Crippen LogP contribution in [0.5, 0.6) is 5.75 Å². The second-order valence-electron chi connectivity index (χ2n) is 2.03. The largest absolute Gasteiger partial charge is 0.508 e. The van der Waals surface area contributed by atoms with Gasteiger partial charge in [-0.15, -0.1) is 0 Å². The number of halogens is 3. The first-order valence-corrected chi connectivity index (χ1v) is 3.63. The fourth-order valence-corrected chi connectivity index (χ4v) is 1.12. The highest BCUT2D eigenvalue weighted by atomic mass is 35.5. The molecule has 0 aliphatic carbocycles. The van der Waals surface area contributed by atoms with Crippen LogP contribution in [-0.4, -0.2) is 5.11 Å². The minimum atomic E-state index is -0.729. The molecular formula is C7H5Cl2FO. The van der Waals surface area contributed by atoms with Crippen LogP contribution in [0.25, 0.3) is 0 Å². The Bertz CT molecular complexity index is 275. The molecule has 0 unspecified atom stereocenters. The number of phenols is 1. The maximum atomic E-state index is 12.1. The number of aromatic hydroxyl groups is 1. The number of hydrogen-bond donors (Lipinski definition) is 1. The normalized spacial score (nSPS) is 10.1. The molecule has 0 heterocycles. The van der Waals surface area contributed by atoms with E-state index in [-0.39, 0.29) is 21.4 Å². The fraction of sp³-hybridized carbons (Fsp3) is 0.143. The maximum Gasteiger partial charge on any atom is 0.117 e. The van der Waals surface area contributed by atoms with Crippen molar-refractivity contribution in [2.45, 2.75) is 6.67 Å². The second kappa shape index (κ2) is 3.28. The summed E-state index contributed by atoms with van der Waals surface area (Å²) in [6.45, 7) is -0.729. The zero-order valence-electron chi connectivity index (χ0n) is 5.44. The predicted molar refractivity (Wildman–Crippen MR) is 42.9 cm³/mol. The van der Waals surface area contributed by atoms with E-state index in [4.69, 9.17) is 28.3 Å². The van der Waals surface area contributed by atoms with Crippen LogP contribution in [0.3, 0.4) is 0 Å². The molecule has 1 rings (SSSR count). The van der Waals surface area contributed by atoms with Crippen molar-refractivity contribution in [2.24, 2.45) is 0 Å². The van der Waals surface area contributed by atoms with Crippen LogP contribution in [0, 0.1) is 0 Å². The van der Waals surface area contributed by atoms with Crippen molar-refractivity contribution in [3.63, 3.8) is 0 Å². The highest BCUT2D eigenvalue weighted by Gasteiger charge is 2.06. The molecule has 1 nitrogen and oxygen atoms in total. The average molecular weight is 195 g/mol. The van der Waals surface area contributed by atoms with Crippen molar-refractivity contribution in [1.82, 2.24) is 0 Å². The molecule has 11 heavy (non-hydrogen) atoms. The van der Waals surface area contributed by atoms with E-state index in [0.717, 1.165) is 0 Å². The molecule has 4 heteroatoms. The van der Waals surface area contributed by atoms with Crippen molar-refractivity contribution >= 4 is 23.2 Å². The molecule has 0 spiro atoms. The van der Waals surface area contributed by atoms with Crippen LogP contribution in [0.1, 0.15) is 5.56 Å². The van der Waals surface area contributed by atoms with Crippen LogP contribution in [-0.2, 0) is 6.67 Å². The first-order chi connectivity index (χ1) is 5.15. The number of alkyl halides is 1. The highest BCUT2D eigenvalue weighted by Crippen LogP contribution is 2.30. The fourth-order valence-electron chi connectivity index (χ4n) is 0.727. The van der Waals surface area contributed by atoms with Crippen molar-refractivity contribution in [3.8, 4) is 5.75 Å². The molecule has 0 aliphatic heterocycles. The molecule has 0 aromatic heterocycles. The Morgan fingerprint density at radius 2 is 2.00 bits per heavy atom. The van der Waals surface area contributed by atoms with Gasteiger partial charge in [-0.3, -0.25) is 0 Å². The Balaban J connectivity index is 3.24. The summed E-state index contributed by atoms with van der Waals surface area (Å²) in [6.07, 6.45) is 0. The Kier molecular flexibility index (Phi) is 2.58. The molecule has 0 radical (unpaired) electrons. The lowest BCUT2D eigenvalue weighted by molar-refractivity contribution is 0.463. The van der Waals surface area contributed by atoms with Gasteiger partial charge in [0.15, 0.2) is 0 Å². The van der Waals surface area contributed by atoms with Crippen molar-refractivity contribution in [3.05, 3.63) is 27.7 Å². The van der Waals surface area contributed by atoms with E-state index in [9.17, 15) is 4.39 Å². The Morgan fingerprint density at radius 1 is 1.36 bits per heavy atom. The molecule has 1 N–H and O–H groups in total. The summed E-state index contributed by atoms with van der Waals surface area (Å²) in [5, 5.41) is 9.26. The van der Waals surface area contributed by atoms with E-state index in [1.165, 1.54) is 12.1 Å². The lowest BCUT2D eigenvalue weighted by Gasteiger charge is -2.01. The van der Waals surface area contributed by atoms with Gasteiger partial charge in [0.1, 0.15) is 12.4 Å². The van der Waals surface area contributed by atoms with Gasteiger partial charge in [0.05, 0.1) is 10.0 Å². The SMILES string of the molecule is Oc1cc(Cl)c(Cl)c(CF)c1. The number of benzene rings is 1. The highest BCUT2D eigenvalue weighted by molar-refractivity contribution is 6.42. The number of phenolic OH excluding ortho intramolecular Hbond substituents is 1. The van der Waals surface area contributed by atoms with Gasteiger partial charge in [-0.05, 0) is 6.07 Å². The molecule has 0 aliphatic rings. The molecule has 0 saturated heterocycles. The van der Waals surface area contributed by atoms with Gasteiger partial charge in [0.25, 0.3) is 0 Å². The molecule has 1 aromatic rings. The third-order valence-corrected chi connectivity index (χ3v) is 2.07. The molecular weight excluding hydrogens is 190 g/mol. The average Bonchev–Trinajstić information content (AvgIpc) is 1.96. The van der Waals surface area contributed by atoms with Crippen LogP contribution in [0.15, 0.2) is 12.1 Å². The van der Waals surface area contributed by atoms with E-state index in [1.54, 1.807) is 0 Å². The van der Waals surface area contributed by atoms with Gasteiger partial charge >= 0.3 is 0 Å². The van der Waals surface area contributed by atoms with Gasteiger partial charge in [-0.2, -0.15) is 0 Å². The molecule has 60 valence electrons. The molecule has 0 amide bonds. The van der Waals surface area contributed by atoms with Gasteiger partial charge in [0.2, 0.25) is 0 Å². The minimum absolute atomic E-state index is 0.0768. The van der Waals surface area contributed by atoms with Crippen molar-refractivity contribution in [2.75, 3.05) is 0 Å². The van der Waals surface area contributed by atoms with Crippen LogP contribution in [0.4, 0.5) is 4.39 Å². The van der Waals surface area contributed by atoms with E-state index in [2.05, 4.69) is 0 Å². The van der Waals surface area contributed by atoms with Gasteiger partial charge in [-0.25, -0.2) is 4.39 Å². The van der Waals surface area contributed by atoms with Crippen molar-refractivity contribution in [1.29, 1.82) is 0 Å². The summed E-state index contributed by atoms with van der Waals surface area (Å²) in [7, 11) is 0. The molecule has 0 atom stereocenters. The summed E-state index contributed by atoms with van der Waals surface area (Å²) in [5.74, 6) is -0.0768. The predicted octanol–water partition coefficient (Wildman–Crippen LogP) is 3.17. The Hall–Kier alpha value is -0.470. The zero-order chi connectivity index (χ0) is 8.43. The summed E-state index contributed by atoms with van der Waals surface area (Å²) < 4.78 is 12.1. The monoisotopic (exact) mass is 194 g/mol. The topological polar surface area (TPSA) is 20.2 Å². The molecule has 0 saturated carbocycles. The third-order valence-electron chi connectivity index (χ3n) is 1.23. The van der Waals surface area contributed by atoms with E-state index in [0.29, 0.717) is 0 Å². The summed E-state index contributed by atoms with van der Waals surface area (Å²) in [4.78, 5) is 0. The smallest absolute Gasteiger partial charge is 0.117 e. The Morgan fingerprint density at radius 3 is 2.55 bits per heavy atom. The number of hydrogen-bond acceptors (Lipinski definition) is 1. The lowest BCUT2D eigenvalue weighted by Crippen LogP contribution is -1.81. The van der Waals surface area contributed by atoms with Gasteiger partial charge < -0.3 is 5.11 Å². The standard InChI is InChI=1S/C7H5Cl2FO/c8-6-2-5(11)1-4(3-10)7(6)9/h1-2,11H,3H2. The molecule has 0 bridgehead atoms. The van der Waals surface area contributed by atoms with E-state index < -0.39 is 6.67 Å². The van der Waals surface area contributed by atoms with E-state index in [1.807, 2.05) is 0 Å². The zero-order valence-corrected chi connectivity index (χ0v) is 6.95.